The molecule has 0 saturated carbocycles. The van der Waals surface area contributed by atoms with Crippen molar-refractivity contribution < 1.29 is 18.3 Å². The average molecular weight is 379 g/mol. The molecule has 1 aromatic carbocycles. The number of hydrogen-bond donors (Lipinski definition) is 0. The van der Waals surface area contributed by atoms with Gasteiger partial charge in [0.05, 0.1) is 6.10 Å². The fourth-order valence-corrected chi connectivity index (χ4v) is 3.68. The van der Waals surface area contributed by atoms with E-state index in [0.29, 0.717) is 12.4 Å². The maximum atomic E-state index is 12.9. The van der Waals surface area contributed by atoms with Crippen molar-refractivity contribution in [2.75, 3.05) is 6.61 Å². The molecule has 0 radical (unpaired) electrons. The number of benzene rings is 1. The van der Waals surface area contributed by atoms with E-state index in [-0.39, 0.29) is 29.5 Å². The van der Waals surface area contributed by atoms with Gasteiger partial charge in [-0.1, -0.05) is 32.6 Å². The maximum absolute atomic E-state index is 12.9. The van der Waals surface area contributed by atoms with Gasteiger partial charge in [-0.2, -0.15) is 0 Å². The van der Waals surface area contributed by atoms with Crippen LogP contribution in [0.5, 0.6) is 5.75 Å². The highest BCUT2D eigenvalue weighted by Crippen LogP contribution is 2.24. The molecule has 5 heteroatoms. The highest BCUT2D eigenvalue weighted by atomic mass is 28.3. The SMILES string of the molecule is C[SiH](C)OC(C#C[C@H]1CC[C@@H](COc2ccc(F)cc2)O1)CC(C)(C)C. The van der Waals surface area contributed by atoms with Crippen LogP contribution in [0.4, 0.5) is 4.39 Å². The van der Waals surface area contributed by atoms with Gasteiger partial charge in [0.1, 0.15) is 30.4 Å². The maximum Gasteiger partial charge on any atom is 0.172 e. The van der Waals surface area contributed by atoms with Gasteiger partial charge < -0.3 is 13.9 Å². The van der Waals surface area contributed by atoms with Gasteiger partial charge in [0, 0.05) is 0 Å². The third-order valence-electron chi connectivity index (χ3n) is 4.00. The van der Waals surface area contributed by atoms with Crippen molar-refractivity contribution in [3.05, 3.63) is 30.1 Å². The summed E-state index contributed by atoms with van der Waals surface area (Å²) in [6.07, 6.45) is 2.71. The van der Waals surface area contributed by atoms with E-state index in [0.717, 1.165) is 19.3 Å². The van der Waals surface area contributed by atoms with Crippen molar-refractivity contribution >= 4 is 9.04 Å². The molecule has 0 aliphatic carbocycles. The van der Waals surface area contributed by atoms with Crippen molar-refractivity contribution in [3.8, 4) is 17.6 Å². The first-order valence-corrected chi connectivity index (χ1v) is 12.2. The second-order valence-electron chi connectivity index (χ2n) is 8.32. The number of halogens is 1. The first-order chi connectivity index (χ1) is 12.2. The lowest BCUT2D eigenvalue weighted by Crippen LogP contribution is -2.25. The summed E-state index contributed by atoms with van der Waals surface area (Å²) in [4.78, 5) is 0. The van der Waals surface area contributed by atoms with Crippen molar-refractivity contribution in [1.82, 2.24) is 0 Å². The third kappa shape index (κ3) is 7.90. The number of ether oxygens (including phenoxy) is 2. The Hall–Kier alpha value is -1.35. The van der Waals surface area contributed by atoms with Crippen molar-refractivity contribution in [2.24, 2.45) is 5.41 Å². The van der Waals surface area contributed by atoms with Crippen LogP contribution in [0.2, 0.25) is 13.1 Å². The molecule has 1 unspecified atom stereocenters. The minimum atomic E-state index is -1.14. The van der Waals surface area contributed by atoms with Crippen molar-refractivity contribution in [1.29, 1.82) is 0 Å². The Kier molecular flexibility index (Phi) is 7.69. The molecule has 1 aliphatic rings. The second kappa shape index (κ2) is 9.54. The Labute approximate surface area is 159 Å². The zero-order chi connectivity index (χ0) is 19.2. The molecule has 0 spiro atoms. The van der Waals surface area contributed by atoms with Gasteiger partial charge in [-0.15, -0.1) is 0 Å². The zero-order valence-electron chi connectivity index (χ0n) is 16.5. The highest BCUT2D eigenvalue weighted by molar-refractivity contribution is 6.48. The van der Waals surface area contributed by atoms with Crippen molar-refractivity contribution in [2.45, 2.75) is 71.4 Å². The minimum absolute atomic E-state index is 0.0141. The van der Waals surface area contributed by atoms with Gasteiger partial charge in [0.15, 0.2) is 9.04 Å². The third-order valence-corrected chi connectivity index (χ3v) is 4.87. The normalized spacial score (nSPS) is 21.3. The van der Waals surface area contributed by atoms with Gasteiger partial charge in [-0.3, -0.25) is 0 Å². The van der Waals surface area contributed by atoms with Crippen LogP contribution in [-0.4, -0.2) is 34.0 Å². The fraction of sp³-hybridized carbons (Fsp3) is 0.619. The lowest BCUT2D eigenvalue weighted by atomic mass is 9.89. The van der Waals surface area contributed by atoms with Gasteiger partial charge >= 0.3 is 0 Å². The standard InChI is InChI=1S/C21H31FO3Si/c1-21(2,3)14-19(25-26(4)5)12-10-18-11-13-20(24-18)15-23-17-8-6-16(22)7-9-17/h6-9,18-20,26H,11,13-15H2,1-5H3/t18-,19?,20-/m0/s1. The lowest BCUT2D eigenvalue weighted by Gasteiger charge is -2.24. The molecule has 144 valence electrons. The number of hydrogen-bond acceptors (Lipinski definition) is 3. The largest absolute Gasteiger partial charge is 0.491 e. The molecule has 2 rings (SSSR count). The zero-order valence-corrected chi connectivity index (χ0v) is 17.7. The minimum Gasteiger partial charge on any atom is -0.491 e. The molecule has 26 heavy (non-hydrogen) atoms. The summed E-state index contributed by atoms with van der Waals surface area (Å²) in [6, 6.07) is 6.05. The van der Waals surface area contributed by atoms with E-state index in [9.17, 15) is 4.39 Å². The highest BCUT2D eigenvalue weighted by Gasteiger charge is 2.25. The second-order valence-corrected chi connectivity index (χ2v) is 10.7. The Morgan fingerprint density at radius 2 is 1.92 bits per heavy atom. The predicted molar refractivity (Wildman–Crippen MR) is 105 cm³/mol. The van der Waals surface area contributed by atoms with E-state index < -0.39 is 9.04 Å². The van der Waals surface area contributed by atoms with Gasteiger partial charge in [0.25, 0.3) is 0 Å². The molecule has 3 nitrogen and oxygen atoms in total. The number of rotatable bonds is 6. The predicted octanol–water partition coefficient (Wildman–Crippen LogP) is 4.56. The molecule has 1 aromatic rings. The van der Waals surface area contributed by atoms with E-state index in [4.69, 9.17) is 13.9 Å². The van der Waals surface area contributed by atoms with Crippen molar-refractivity contribution in [3.63, 3.8) is 0 Å². The topological polar surface area (TPSA) is 27.7 Å². The molecule has 3 atom stereocenters. The Morgan fingerprint density at radius 1 is 1.23 bits per heavy atom. The van der Waals surface area contributed by atoms with Gasteiger partial charge in [0.2, 0.25) is 0 Å². The smallest absolute Gasteiger partial charge is 0.172 e. The summed E-state index contributed by atoms with van der Waals surface area (Å²) in [6.45, 7) is 11.4. The fourth-order valence-electron chi connectivity index (χ4n) is 2.86. The van der Waals surface area contributed by atoms with E-state index in [1.807, 2.05) is 0 Å². The summed E-state index contributed by atoms with van der Waals surface area (Å²) in [5.74, 6) is 6.97. The monoisotopic (exact) mass is 378 g/mol. The Bertz CT molecular complexity index is 613. The summed E-state index contributed by atoms with van der Waals surface area (Å²) in [5, 5.41) is 0. The molecule has 0 N–H and O–H groups in total. The van der Waals surface area contributed by atoms with Crippen LogP contribution in [0.3, 0.4) is 0 Å². The summed E-state index contributed by atoms with van der Waals surface area (Å²) in [7, 11) is -1.14. The first-order valence-electron chi connectivity index (χ1n) is 9.41. The van der Waals surface area contributed by atoms with Gasteiger partial charge in [-0.25, -0.2) is 4.39 Å². The van der Waals surface area contributed by atoms with Crippen LogP contribution in [0.15, 0.2) is 24.3 Å². The molecular formula is C21H31FO3Si. The molecule has 1 fully saturated rings. The average Bonchev–Trinajstić information content (AvgIpc) is 2.98. The molecule has 1 aliphatic heterocycles. The quantitative estimate of drug-likeness (QED) is 0.536. The molecular weight excluding hydrogens is 347 g/mol. The lowest BCUT2D eigenvalue weighted by molar-refractivity contribution is 0.0418. The van der Waals surface area contributed by atoms with Crippen LogP contribution >= 0.6 is 0 Å². The molecule has 1 heterocycles. The van der Waals surface area contributed by atoms with E-state index in [2.05, 4.69) is 45.7 Å². The molecule has 0 amide bonds. The Morgan fingerprint density at radius 3 is 2.54 bits per heavy atom. The van der Waals surface area contributed by atoms with Crippen LogP contribution < -0.4 is 4.74 Å². The van der Waals surface area contributed by atoms with E-state index in [1.165, 1.54) is 12.1 Å². The van der Waals surface area contributed by atoms with Crippen LogP contribution in [0.1, 0.15) is 40.0 Å². The summed E-state index contributed by atoms with van der Waals surface area (Å²) < 4.78 is 30.6. The Balaban J connectivity index is 1.83. The van der Waals surface area contributed by atoms with E-state index >= 15 is 0 Å². The first kappa shape index (κ1) is 21.0. The summed E-state index contributed by atoms with van der Waals surface area (Å²) in [5.41, 5.74) is 0.185. The van der Waals surface area contributed by atoms with Crippen LogP contribution in [-0.2, 0) is 9.16 Å². The molecule has 0 bridgehead atoms. The van der Waals surface area contributed by atoms with Crippen LogP contribution in [0, 0.1) is 23.1 Å². The van der Waals surface area contributed by atoms with E-state index in [1.54, 1.807) is 12.1 Å². The van der Waals surface area contributed by atoms with Crippen LogP contribution in [0.25, 0.3) is 0 Å². The van der Waals surface area contributed by atoms with Gasteiger partial charge in [-0.05, 0) is 62.0 Å². The summed E-state index contributed by atoms with van der Waals surface area (Å²) >= 11 is 0. The molecule has 0 aromatic heterocycles. The molecule has 1 saturated heterocycles.